The Morgan fingerprint density at radius 2 is 2.40 bits per heavy atom. The fourth-order valence-corrected chi connectivity index (χ4v) is 2.87. The van der Waals surface area contributed by atoms with Gasteiger partial charge >= 0.3 is 6.09 Å². The Morgan fingerprint density at radius 3 is 3.20 bits per heavy atom. The van der Waals surface area contributed by atoms with Crippen molar-refractivity contribution in [3.8, 4) is 0 Å². The summed E-state index contributed by atoms with van der Waals surface area (Å²) in [4.78, 5) is 17.8. The van der Waals surface area contributed by atoms with Crippen LogP contribution in [0.25, 0.3) is 0 Å². The quantitative estimate of drug-likeness (QED) is 0.897. The molecule has 108 valence electrons. The van der Waals surface area contributed by atoms with Crippen LogP contribution in [0.5, 0.6) is 0 Å². The van der Waals surface area contributed by atoms with E-state index in [2.05, 4.69) is 4.98 Å². The van der Waals surface area contributed by atoms with E-state index in [0.717, 1.165) is 12.0 Å². The van der Waals surface area contributed by atoms with Crippen LogP contribution in [0.1, 0.15) is 17.9 Å². The van der Waals surface area contributed by atoms with Crippen molar-refractivity contribution in [3.05, 3.63) is 22.8 Å². The van der Waals surface area contributed by atoms with Gasteiger partial charge in [0, 0.05) is 24.3 Å². The van der Waals surface area contributed by atoms with Crippen LogP contribution in [0, 0.1) is 0 Å². The molecule has 1 saturated heterocycles. The third kappa shape index (κ3) is 2.34. The lowest BCUT2D eigenvalue weighted by atomic mass is 9.89. The first-order valence-corrected chi connectivity index (χ1v) is 6.90. The molecular weight excluding hydrogens is 284 g/mol. The number of aliphatic hydroxyl groups excluding tert-OH is 1. The Morgan fingerprint density at radius 1 is 1.55 bits per heavy atom. The summed E-state index contributed by atoms with van der Waals surface area (Å²) in [6.45, 7) is 0.964. The minimum absolute atomic E-state index is 0.0255. The van der Waals surface area contributed by atoms with Gasteiger partial charge in [-0.3, -0.25) is 4.90 Å². The first kappa shape index (κ1) is 13.6. The van der Waals surface area contributed by atoms with Crippen LogP contribution in [-0.4, -0.2) is 48.7 Å². The molecule has 0 bridgehead atoms. The topological polar surface area (TPSA) is 71.9 Å². The summed E-state index contributed by atoms with van der Waals surface area (Å²) in [6, 6.07) is 1.82. The molecule has 3 heterocycles. The van der Waals surface area contributed by atoms with Gasteiger partial charge in [0.2, 0.25) is 0 Å². The van der Waals surface area contributed by atoms with E-state index in [9.17, 15) is 4.79 Å². The molecule has 0 spiro atoms. The average Bonchev–Trinajstić information content (AvgIpc) is 2.55. The molecule has 0 aliphatic carbocycles. The summed E-state index contributed by atoms with van der Waals surface area (Å²) in [5.74, 6) is 0.542. The van der Waals surface area contributed by atoms with Gasteiger partial charge in [-0.25, -0.2) is 9.78 Å². The molecule has 0 aromatic carbocycles. The molecular formula is C13H15ClN2O4. The second-order valence-corrected chi connectivity index (χ2v) is 5.27. The Balaban J connectivity index is 2.08. The monoisotopic (exact) mass is 298 g/mol. The third-order valence-electron chi connectivity index (χ3n) is 3.62. The van der Waals surface area contributed by atoms with Gasteiger partial charge in [-0.05, 0) is 12.5 Å². The molecule has 2 unspecified atom stereocenters. The van der Waals surface area contributed by atoms with Crippen LogP contribution in [-0.2, 0) is 9.47 Å². The predicted molar refractivity (Wildman–Crippen MR) is 72.1 cm³/mol. The first-order valence-electron chi connectivity index (χ1n) is 6.53. The van der Waals surface area contributed by atoms with Gasteiger partial charge in [-0.1, -0.05) is 11.6 Å². The van der Waals surface area contributed by atoms with E-state index in [1.807, 2.05) is 6.07 Å². The zero-order chi connectivity index (χ0) is 14.1. The smallest absolute Gasteiger partial charge is 0.415 e. The highest BCUT2D eigenvalue weighted by molar-refractivity contribution is 6.30. The summed E-state index contributed by atoms with van der Waals surface area (Å²) >= 11 is 6.03. The molecule has 0 radical (unpaired) electrons. The van der Waals surface area contributed by atoms with Crippen molar-refractivity contribution in [2.45, 2.75) is 18.4 Å². The highest BCUT2D eigenvalue weighted by Gasteiger charge is 2.38. The van der Waals surface area contributed by atoms with Crippen LogP contribution in [0.15, 0.2) is 12.3 Å². The fraction of sp³-hybridized carbons (Fsp3) is 0.538. The van der Waals surface area contributed by atoms with Crippen LogP contribution >= 0.6 is 11.6 Å². The van der Waals surface area contributed by atoms with E-state index < -0.39 is 6.09 Å². The van der Waals surface area contributed by atoms with E-state index in [1.54, 1.807) is 0 Å². The molecule has 2 aliphatic rings. The van der Waals surface area contributed by atoms with E-state index in [0.29, 0.717) is 24.1 Å². The molecule has 6 nitrogen and oxygen atoms in total. The van der Waals surface area contributed by atoms with Crippen LogP contribution in [0.4, 0.5) is 10.6 Å². The lowest BCUT2D eigenvalue weighted by molar-refractivity contribution is -0.0259. The molecule has 3 rings (SSSR count). The van der Waals surface area contributed by atoms with Gasteiger partial charge in [0.05, 0.1) is 24.8 Å². The molecule has 1 amide bonds. The number of aromatic nitrogens is 1. The van der Waals surface area contributed by atoms with E-state index in [4.69, 9.17) is 26.2 Å². The Bertz CT molecular complexity index is 525. The number of β-amino-alcohol motifs (C(OH)–C–C–N with tert-alkyl or cyclic N) is 1. The number of amides is 1. The number of aliphatic hydroxyl groups is 1. The van der Waals surface area contributed by atoms with Gasteiger partial charge < -0.3 is 14.6 Å². The largest absolute Gasteiger partial charge is 0.443 e. The van der Waals surface area contributed by atoms with E-state index >= 15 is 0 Å². The molecule has 1 fully saturated rings. The molecule has 1 aromatic heterocycles. The summed E-state index contributed by atoms with van der Waals surface area (Å²) in [5, 5.41) is 9.66. The summed E-state index contributed by atoms with van der Waals surface area (Å²) in [7, 11) is 0. The maximum absolute atomic E-state index is 12.2. The number of halogens is 1. The SMILES string of the molecule is O=C1OC2COCCC2c2cc(Cl)cnc2N1CCO. The number of hydrogen-bond donors (Lipinski definition) is 1. The Labute approximate surface area is 121 Å². The second kappa shape index (κ2) is 5.55. The normalized spacial score (nSPS) is 25.5. The number of carbonyl (C=O) groups is 1. The predicted octanol–water partition coefficient (Wildman–Crippen LogP) is 1.56. The minimum atomic E-state index is -0.506. The van der Waals surface area contributed by atoms with Crippen molar-refractivity contribution in [2.24, 2.45) is 0 Å². The summed E-state index contributed by atoms with van der Waals surface area (Å²) in [6.07, 6.45) is 1.41. The van der Waals surface area contributed by atoms with Crippen molar-refractivity contribution in [1.29, 1.82) is 0 Å². The van der Waals surface area contributed by atoms with E-state index in [-0.39, 0.29) is 25.2 Å². The first-order chi connectivity index (χ1) is 9.70. The van der Waals surface area contributed by atoms with Crippen LogP contribution in [0.2, 0.25) is 5.02 Å². The van der Waals surface area contributed by atoms with E-state index in [1.165, 1.54) is 11.1 Å². The summed E-state index contributed by atoms with van der Waals surface area (Å²) in [5.41, 5.74) is 0.880. The molecule has 7 heteroatoms. The van der Waals surface area contributed by atoms with Gasteiger partial charge in [-0.2, -0.15) is 0 Å². The molecule has 0 saturated carbocycles. The molecule has 2 aliphatic heterocycles. The molecule has 2 atom stereocenters. The van der Waals surface area contributed by atoms with Crippen LogP contribution < -0.4 is 4.90 Å². The number of nitrogens with zero attached hydrogens (tertiary/aromatic N) is 2. The standard InChI is InChI=1S/C13H15ClN2O4/c14-8-5-10-9-1-4-19-7-11(9)20-13(18)16(2-3-17)12(10)15-6-8/h5-6,9,11,17H,1-4,7H2. The van der Waals surface area contributed by atoms with Crippen molar-refractivity contribution in [3.63, 3.8) is 0 Å². The molecule has 20 heavy (non-hydrogen) atoms. The van der Waals surface area contributed by atoms with Gasteiger partial charge in [-0.15, -0.1) is 0 Å². The van der Waals surface area contributed by atoms with Gasteiger partial charge in [0.25, 0.3) is 0 Å². The number of anilines is 1. The lowest BCUT2D eigenvalue weighted by Crippen LogP contribution is -2.38. The Hall–Kier alpha value is -1.37. The average molecular weight is 299 g/mol. The van der Waals surface area contributed by atoms with Crippen molar-refractivity contribution >= 4 is 23.5 Å². The highest BCUT2D eigenvalue weighted by Crippen LogP contribution is 2.38. The number of ether oxygens (including phenoxy) is 2. The maximum Gasteiger partial charge on any atom is 0.415 e. The van der Waals surface area contributed by atoms with Crippen molar-refractivity contribution in [2.75, 3.05) is 31.3 Å². The number of hydrogen-bond acceptors (Lipinski definition) is 5. The highest BCUT2D eigenvalue weighted by atomic mass is 35.5. The third-order valence-corrected chi connectivity index (χ3v) is 3.82. The number of carbonyl (C=O) groups excluding carboxylic acids is 1. The Kier molecular flexibility index (Phi) is 3.78. The minimum Gasteiger partial charge on any atom is -0.443 e. The maximum atomic E-state index is 12.2. The molecule has 1 N–H and O–H groups in total. The van der Waals surface area contributed by atoms with Crippen molar-refractivity contribution in [1.82, 2.24) is 4.98 Å². The number of pyridine rings is 1. The van der Waals surface area contributed by atoms with Gasteiger partial charge in [0.1, 0.15) is 11.9 Å². The van der Waals surface area contributed by atoms with Gasteiger partial charge in [0.15, 0.2) is 0 Å². The fourth-order valence-electron chi connectivity index (χ4n) is 2.71. The summed E-state index contributed by atoms with van der Waals surface area (Å²) < 4.78 is 10.9. The second-order valence-electron chi connectivity index (χ2n) is 4.83. The number of fused-ring (bicyclic) bond motifs is 3. The van der Waals surface area contributed by atoms with Crippen LogP contribution in [0.3, 0.4) is 0 Å². The van der Waals surface area contributed by atoms with Crippen molar-refractivity contribution < 1.29 is 19.4 Å². The molecule has 1 aromatic rings. The zero-order valence-corrected chi connectivity index (χ0v) is 11.5. The number of rotatable bonds is 2. The zero-order valence-electron chi connectivity index (χ0n) is 10.8. The lowest BCUT2D eigenvalue weighted by Gasteiger charge is -2.29.